The Hall–Kier alpha value is -3.43. The minimum Gasteiger partial charge on any atom is -0.493 e. The quantitative estimate of drug-likeness (QED) is 0.363. The second-order valence-electron chi connectivity index (χ2n) is 5.58. The molecule has 0 spiro atoms. The van der Waals surface area contributed by atoms with Crippen LogP contribution in [0.2, 0.25) is 0 Å². The van der Waals surface area contributed by atoms with Crippen molar-refractivity contribution < 1.29 is 14.3 Å². The maximum absolute atomic E-state index is 11.2. The molecule has 0 fully saturated rings. The van der Waals surface area contributed by atoms with Gasteiger partial charge in [0.2, 0.25) is 0 Å². The predicted molar refractivity (Wildman–Crippen MR) is 105 cm³/mol. The molecule has 0 atom stereocenters. The van der Waals surface area contributed by atoms with Crippen molar-refractivity contribution >= 4 is 29.0 Å². The number of nitriles is 1. The van der Waals surface area contributed by atoms with Gasteiger partial charge in [-0.1, -0.05) is 36.4 Å². The van der Waals surface area contributed by atoms with Gasteiger partial charge in [-0.2, -0.15) is 5.26 Å². The molecule has 0 aliphatic rings. The van der Waals surface area contributed by atoms with E-state index in [0.29, 0.717) is 22.1 Å². The molecular formula is C21H16N2O3S. The Bertz CT molecular complexity index is 1030. The number of ether oxygens (including phenoxy) is 2. The van der Waals surface area contributed by atoms with Gasteiger partial charge in [-0.25, -0.2) is 4.98 Å². The third kappa shape index (κ3) is 4.40. The molecule has 0 amide bonds. The molecule has 0 aliphatic heterocycles. The minimum absolute atomic E-state index is 0.335. The fourth-order valence-corrected chi connectivity index (χ4v) is 3.26. The fourth-order valence-electron chi connectivity index (χ4n) is 2.46. The second-order valence-corrected chi connectivity index (χ2v) is 6.44. The van der Waals surface area contributed by atoms with E-state index >= 15 is 0 Å². The topological polar surface area (TPSA) is 72.2 Å². The molecule has 0 bridgehead atoms. The molecule has 2 aromatic carbocycles. The number of esters is 1. The molecule has 5 nitrogen and oxygen atoms in total. The Morgan fingerprint density at radius 2 is 1.96 bits per heavy atom. The van der Waals surface area contributed by atoms with Crippen molar-refractivity contribution in [3.8, 4) is 28.8 Å². The number of allylic oxidation sites excluding steroid dienone is 1. The van der Waals surface area contributed by atoms with Crippen LogP contribution in [-0.2, 0) is 4.79 Å². The van der Waals surface area contributed by atoms with E-state index in [9.17, 15) is 10.1 Å². The molecule has 0 saturated heterocycles. The number of carbonyl (C=O) groups excluding carboxylic acids is 1. The highest BCUT2D eigenvalue weighted by atomic mass is 32.1. The predicted octanol–water partition coefficient (Wildman–Crippen LogP) is 4.81. The zero-order valence-electron chi connectivity index (χ0n) is 14.8. The first-order valence-corrected chi connectivity index (χ1v) is 8.98. The number of rotatable bonds is 5. The van der Waals surface area contributed by atoms with E-state index in [1.807, 2.05) is 35.7 Å². The number of methoxy groups -OCH3 is 1. The Morgan fingerprint density at radius 1 is 1.19 bits per heavy atom. The fraction of sp³-hybridized carbons (Fsp3) is 0.0952. The van der Waals surface area contributed by atoms with Gasteiger partial charge in [0.1, 0.15) is 11.1 Å². The molecule has 0 unspecified atom stereocenters. The number of thiazole rings is 1. The average Bonchev–Trinajstić information content (AvgIpc) is 3.17. The Kier molecular flexibility index (Phi) is 5.64. The molecule has 1 aromatic heterocycles. The molecule has 3 aromatic rings. The Balaban J connectivity index is 1.92. The monoisotopic (exact) mass is 376 g/mol. The normalized spacial score (nSPS) is 10.9. The van der Waals surface area contributed by atoms with E-state index < -0.39 is 5.97 Å². The molecule has 27 heavy (non-hydrogen) atoms. The first kappa shape index (κ1) is 18.4. The summed E-state index contributed by atoms with van der Waals surface area (Å²) in [6, 6.07) is 17.1. The number of carbonyl (C=O) groups is 1. The molecule has 0 N–H and O–H groups in total. The van der Waals surface area contributed by atoms with Crippen molar-refractivity contribution in [1.29, 1.82) is 5.26 Å². The van der Waals surface area contributed by atoms with Crippen LogP contribution < -0.4 is 9.47 Å². The lowest BCUT2D eigenvalue weighted by Gasteiger charge is -2.08. The van der Waals surface area contributed by atoms with E-state index in [-0.39, 0.29) is 0 Å². The summed E-state index contributed by atoms with van der Waals surface area (Å²) >= 11 is 1.42. The van der Waals surface area contributed by atoms with Gasteiger partial charge in [0.25, 0.3) is 0 Å². The van der Waals surface area contributed by atoms with Crippen LogP contribution in [0.1, 0.15) is 17.5 Å². The van der Waals surface area contributed by atoms with E-state index in [2.05, 4.69) is 11.1 Å². The van der Waals surface area contributed by atoms with Crippen molar-refractivity contribution in [2.75, 3.05) is 7.11 Å². The van der Waals surface area contributed by atoms with Crippen molar-refractivity contribution in [3.63, 3.8) is 0 Å². The van der Waals surface area contributed by atoms with Gasteiger partial charge in [-0.15, -0.1) is 11.3 Å². The second kappa shape index (κ2) is 8.30. The number of hydrogen-bond acceptors (Lipinski definition) is 6. The van der Waals surface area contributed by atoms with Gasteiger partial charge >= 0.3 is 5.97 Å². The van der Waals surface area contributed by atoms with E-state index in [4.69, 9.17) is 9.47 Å². The molecule has 134 valence electrons. The summed E-state index contributed by atoms with van der Waals surface area (Å²) < 4.78 is 10.4. The van der Waals surface area contributed by atoms with Gasteiger partial charge in [0.15, 0.2) is 11.5 Å². The maximum Gasteiger partial charge on any atom is 0.308 e. The highest BCUT2D eigenvalue weighted by Gasteiger charge is 2.11. The lowest BCUT2D eigenvalue weighted by Crippen LogP contribution is -2.03. The Morgan fingerprint density at radius 3 is 2.63 bits per heavy atom. The van der Waals surface area contributed by atoms with Crippen molar-refractivity contribution in [2.45, 2.75) is 6.92 Å². The summed E-state index contributed by atoms with van der Waals surface area (Å²) in [5, 5.41) is 12.1. The summed E-state index contributed by atoms with van der Waals surface area (Å²) in [5.41, 5.74) is 3.03. The zero-order valence-corrected chi connectivity index (χ0v) is 15.6. The summed E-state index contributed by atoms with van der Waals surface area (Å²) in [6.45, 7) is 1.33. The van der Waals surface area contributed by atoms with Crippen LogP contribution in [0.15, 0.2) is 53.9 Å². The van der Waals surface area contributed by atoms with Crippen LogP contribution in [0.5, 0.6) is 11.5 Å². The molecule has 1 heterocycles. The first-order valence-electron chi connectivity index (χ1n) is 8.10. The summed E-state index contributed by atoms with van der Waals surface area (Å²) in [4.78, 5) is 15.7. The molecule has 0 saturated carbocycles. The highest BCUT2D eigenvalue weighted by molar-refractivity contribution is 7.11. The van der Waals surface area contributed by atoms with Gasteiger partial charge in [-0.05, 0) is 23.8 Å². The molecule has 0 radical (unpaired) electrons. The SMILES string of the molecule is COc1cc(/C=C(/C#N)c2nc(-c3ccccc3)cs2)ccc1OC(C)=O. The zero-order chi connectivity index (χ0) is 19.2. The number of aromatic nitrogens is 1. The van der Waals surface area contributed by atoms with Gasteiger partial charge in [0.05, 0.1) is 18.4 Å². The van der Waals surface area contributed by atoms with Crippen LogP contribution in [-0.4, -0.2) is 18.1 Å². The largest absolute Gasteiger partial charge is 0.493 e. The Labute approximate surface area is 161 Å². The smallest absolute Gasteiger partial charge is 0.308 e. The van der Waals surface area contributed by atoms with E-state index in [1.54, 1.807) is 24.3 Å². The van der Waals surface area contributed by atoms with Crippen LogP contribution in [0, 0.1) is 11.3 Å². The van der Waals surface area contributed by atoms with Gasteiger partial charge < -0.3 is 9.47 Å². The maximum atomic E-state index is 11.2. The van der Waals surface area contributed by atoms with Crippen molar-refractivity contribution in [3.05, 3.63) is 64.5 Å². The molecule has 3 rings (SSSR count). The summed E-state index contributed by atoms with van der Waals surface area (Å²) in [6.07, 6.45) is 1.73. The summed E-state index contributed by atoms with van der Waals surface area (Å²) in [7, 11) is 1.49. The third-order valence-corrected chi connectivity index (χ3v) is 4.55. The minimum atomic E-state index is -0.425. The number of hydrogen-bond donors (Lipinski definition) is 0. The summed E-state index contributed by atoms with van der Waals surface area (Å²) in [5.74, 6) is 0.326. The molecular weight excluding hydrogens is 360 g/mol. The first-order chi connectivity index (χ1) is 13.1. The standard InChI is InChI=1S/C21H16N2O3S/c1-14(24)26-19-9-8-15(11-20(19)25-2)10-17(12-22)21-23-18(13-27-21)16-6-4-3-5-7-16/h3-11,13H,1-2H3/b17-10-. The molecule has 0 aliphatic carbocycles. The lowest BCUT2D eigenvalue weighted by molar-refractivity contribution is -0.132. The average molecular weight is 376 g/mol. The van der Waals surface area contributed by atoms with Crippen LogP contribution in [0.3, 0.4) is 0 Å². The van der Waals surface area contributed by atoms with Gasteiger partial charge in [0, 0.05) is 17.9 Å². The lowest BCUT2D eigenvalue weighted by atomic mass is 10.1. The van der Waals surface area contributed by atoms with Crippen LogP contribution in [0.25, 0.3) is 22.9 Å². The van der Waals surface area contributed by atoms with Crippen LogP contribution in [0.4, 0.5) is 0 Å². The van der Waals surface area contributed by atoms with Crippen molar-refractivity contribution in [1.82, 2.24) is 4.98 Å². The van der Waals surface area contributed by atoms with Crippen LogP contribution >= 0.6 is 11.3 Å². The third-order valence-electron chi connectivity index (χ3n) is 3.68. The molecule has 6 heteroatoms. The highest BCUT2D eigenvalue weighted by Crippen LogP contribution is 2.31. The van der Waals surface area contributed by atoms with Gasteiger partial charge in [-0.3, -0.25) is 4.79 Å². The number of benzene rings is 2. The van der Waals surface area contributed by atoms with E-state index in [1.165, 1.54) is 25.4 Å². The van der Waals surface area contributed by atoms with Crippen molar-refractivity contribution in [2.24, 2.45) is 0 Å². The number of nitrogens with zero attached hydrogens (tertiary/aromatic N) is 2. The van der Waals surface area contributed by atoms with E-state index in [0.717, 1.165) is 16.8 Å².